The Balaban J connectivity index is 1.94. The molecule has 3 rings (SSSR count). The van der Waals surface area contributed by atoms with Gasteiger partial charge in [0.05, 0.1) is 17.1 Å². The molecule has 1 N–H and O–H groups in total. The maximum Gasteiger partial charge on any atom is 0.257 e. The molecule has 0 bridgehead atoms. The van der Waals surface area contributed by atoms with E-state index in [0.29, 0.717) is 23.6 Å². The largest absolute Gasteiger partial charge is 0.373 e. The smallest absolute Gasteiger partial charge is 0.257 e. The second kappa shape index (κ2) is 5.59. The van der Waals surface area contributed by atoms with E-state index in [1.807, 2.05) is 11.8 Å². The van der Waals surface area contributed by atoms with Crippen LogP contribution in [-0.2, 0) is 14.6 Å². The maximum absolute atomic E-state index is 12.2. The van der Waals surface area contributed by atoms with Crippen LogP contribution in [0.5, 0.6) is 0 Å². The van der Waals surface area contributed by atoms with E-state index in [-0.39, 0.29) is 23.5 Å². The first-order valence-electron chi connectivity index (χ1n) is 7.19. The van der Waals surface area contributed by atoms with E-state index in [1.54, 1.807) is 24.4 Å². The van der Waals surface area contributed by atoms with Gasteiger partial charge in [-0.1, -0.05) is 11.6 Å². The van der Waals surface area contributed by atoms with Gasteiger partial charge in [0.2, 0.25) is 0 Å². The summed E-state index contributed by atoms with van der Waals surface area (Å²) in [5, 5.41) is 3.36. The highest BCUT2D eigenvalue weighted by atomic mass is 35.5. The minimum atomic E-state index is -2.96. The topological polar surface area (TPSA) is 66.5 Å². The normalized spacial score (nSPS) is 24.4. The number of hydrogen-bond acceptors (Lipinski definition) is 4. The van der Waals surface area contributed by atoms with E-state index in [1.165, 1.54) is 0 Å². The zero-order valence-electron chi connectivity index (χ0n) is 12.2. The summed E-state index contributed by atoms with van der Waals surface area (Å²) < 4.78 is 23.3. The molecule has 5 nitrogen and oxygen atoms in total. The standard InChI is InChI=1S/C15H17ClN2O3S/c1-2-18(11-5-6-22(20,21)9-11)8-13-12-7-10(16)3-4-14(12)17-15(13)19/h3-4,7-8,11H,2,5-6,9H2,1H3,(H,17,19)/b13-8+. The van der Waals surface area contributed by atoms with Gasteiger partial charge in [-0.15, -0.1) is 0 Å². The van der Waals surface area contributed by atoms with Crippen LogP contribution in [0.15, 0.2) is 24.4 Å². The fourth-order valence-electron chi connectivity index (χ4n) is 2.95. The fraction of sp³-hybridized carbons (Fsp3) is 0.400. The van der Waals surface area contributed by atoms with E-state index < -0.39 is 9.84 Å². The molecule has 1 amide bonds. The van der Waals surface area contributed by atoms with Gasteiger partial charge >= 0.3 is 0 Å². The number of sulfone groups is 1. The van der Waals surface area contributed by atoms with Crippen molar-refractivity contribution in [2.45, 2.75) is 19.4 Å². The molecule has 2 heterocycles. The van der Waals surface area contributed by atoms with Crippen LogP contribution in [-0.4, -0.2) is 43.3 Å². The summed E-state index contributed by atoms with van der Waals surface area (Å²) in [5.74, 6) is 0.178. The molecule has 22 heavy (non-hydrogen) atoms. The lowest BCUT2D eigenvalue weighted by Crippen LogP contribution is -2.32. The van der Waals surface area contributed by atoms with Crippen LogP contribution < -0.4 is 5.32 Å². The summed E-state index contributed by atoms with van der Waals surface area (Å²) in [7, 11) is -2.96. The summed E-state index contributed by atoms with van der Waals surface area (Å²) in [4.78, 5) is 14.1. The number of anilines is 1. The molecular formula is C15H17ClN2O3S. The highest BCUT2D eigenvalue weighted by Gasteiger charge is 2.32. The number of fused-ring (bicyclic) bond motifs is 1. The van der Waals surface area contributed by atoms with Crippen LogP contribution in [0, 0.1) is 0 Å². The molecule has 2 aliphatic heterocycles. The van der Waals surface area contributed by atoms with Gasteiger partial charge < -0.3 is 10.2 Å². The zero-order valence-corrected chi connectivity index (χ0v) is 13.7. The number of nitrogens with one attached hydrogen (secondary N) is 1. The summed E-state index contributed by atoms with van der Waals surface area (Å²) in [6, 6.07) is 5.18. The third kappa shape index (κ3) is 2.85. The summed E-state index contributed by atoms with van der Waals surface area (Å²) >= 11 is 6.01. The second-order valence-corrected chi connectivity index (χ2v) is 8.24. The van der Waals surface area contributed by atoms with Crippen molar-refractivity contribution in [3.63, 3.8) is 0 Å². The Bertz CT molecular complexity index is 758. The lowest BCUT2D eigenvalue weighted by atomic mass is 10.1. The van der Waals surface area contributed by atoms with E-state index in [4.69, 9.17) is 11.6 Å². The first-order chi connectivity index (χ1) is 10.4. The lowest BCUT2D eigenvalue weighted by molar-refractivity contribution is -0.110. The van der Waals surface area contributed by atoms with Crippen molar-refractivity contribution in [3.05, 3.63) is 35.0 Å². The molecule has 118 valence electrons. The number of benzene rings is 1. The number of halogens is 1. The van der Waals surface area contributed by atoms with Crippen molar-refractivity contribution in [1.29, 1.82) is 0 Å². The SMILES string of the molecule is CCN(/C=C1/C(=O)Nc2ccc(Cl)cc21)C1CCS(=O)(=O)C1. The first-order valence-corrected chi connectivity index (χ1v) is 9.39. The Morgan fingerprint density at radius 2 is 2.23 bits per heavy atom. The van der Waals surface area contributed by atoms with Gasteiger partial charge in [0.15, 0.2) is 9.84 Å². The molecule has 0 aliphatic carbocycles. The number of rotatable bonds is 3. The van der Waals surface area contributed by atoms with Crippen LogP contribution in [0.2, 0.25) is 5.02 Å². The van der Waals surface area contributed by atoms with Gasteiger partial charge in [-0.05, 0) is 31.5 Å². The average molecular weight is 341 g/mol. The van der Waals surface area contributed by atoms with Crippen molar-refractivity contribution in [2.75, 3.05) is 23.4 Å². The number of carbonyl (C=O) groups excluding carboxylic acids is 1. The molecule has 0 radical (unpaired) electrons. The van der Waals surface area contributed by atoms with E-state index >= 15 is 0 Å². The third-order valence-corrected chi connectivity index (χ3v) is 6.09. The monoisotopic (exact) mass is 340 g/mol. The predicted octanol–water partition coefficient (Wildman–Crippen LogP) is 2.14. The molecule has 1 fully saturated rings. The molecule has 7 heteroatoms. The Kier molecular flexibility index (Phi) is 3.91. The minimum absolute atomic E-state index is 0.0708. The van der Waals surface area contributed by atoms with Gasteiger partial charge in [0.1, 0.15) is 0 Å². The van der Waals surface area contributed by atoms with Crippen molar-refractivity contribution >= 4 is 38.6 Å². The van der Waals surface area contributed by atoms with Crippen LogP contribution in [0.1, 0.15) is 18.9 Å². The first kappa shape index (κ1) is 15.4. The quantitative estimate of drug-likeness (QED) is 0.856. The molecular weight excluding hydrogens is 324 g/mol. The fourth-order valence-corrected chi connectivity index (χ4v) is 4.86. The van der Waals surface area contributed by atoms with Crippen LogP contribution in [0.25, 0.3) is 5.57 Å². The molecule has 0 spiro atoms. The number of carbonyl (C=O) groups is 1. The highest BCUT2D eigenvalue weighted by molar-refractivity contribution is 7.91. The molecule has 1 aromatic rings. The van der Waals surface area contributed by atoms with Crippen molar-refractivity contribution in [3.8, 4) is 0 Å². The van der Waals surface area contributed by atoms with Crippen LogP contribution in [0.4, 0.5) is 5.69 Å². The predicted molar refractivity (Wildman–Crippen MR) is 87.5 cm³/mol. The number of amides is 1. The lowest BCUT2D eigenvalue weighted by Gasteiger charge is -2.25. The molecule has 1 unspecified atom stereocenters. The second-order valence-electron chi connectivity index (χ2n) is 5.57. The van der Waals surface area contributed by atoms with E-state index in [9.17, 15) is 13.2 Å². The third-order valence-electron chi connectivity index (χ3n) is 4.10. The van der Waals surface area contributed by atoms with Gasteiger partial charge in [-0.2, -0.15) is 0 Å². The molecule has 1 saturated heterocycles. The van der Waals surface area contributed by atoms with Crippen molar-refractivity contribution < 1.29 is 13.2 Å². The van der Waals surface area contributed by atoms with Crippen LogP contribution >= 0.6 is 11.6 Å². The minimum Gasteiger partial charge on any atom is -0.373 e. The summed E-state index contributed by atoms with van der Waals surface area (Å²) in [6.07, 6.45) is 2.37. The van der Waals surface area contributed by atoms with Crippen molar-refractivity contribution in [2.24, 2.45) is 0 Å². The van der Waals surface area contributed by atoms with E-state index in [2.05, 4.69) is 5.32 Å². The summed E-state index contributed by atoms with van der Waals surface area (Å²) in [5.41, 5.74) is 2.02. The van der Waals surface area contributed by atoms with E-state index in [0.717, 1.165) is 11.3 Å². The zero-order chi connectivity index (χ0) is 15.9. The average Bonchev–Trinajstić information content (AvgIpc) is 2.96. The summed E-state index contributed by atoms with van der Waals surface area (Å²) in [6.45, 7) is 2.60. The maximum atomic E-state index is 12.2. The number of hydrogen-bond donors (Lipinski definition) is 1. The van der Waals surface area contributed by atoms with Gasteiger partial charge in [0.25, 0.3) is 5.91 Å². The van der Waals surface area contributed by atoms with Gasteiger partial charge in [-0.25, -0.2) is 8.42 Å². The van der Waals surface area contributed by atoms with Crippen LogP contribution in [0.3, 0.4) is 0 Å². The molecule has 1 aromatic carbocycles. The van der Waals surface area contributed by atoms with Crippen molar-refractivity contribution in [1.82, 2.24) is 4.90 Å². The Morgan fingerprint density at radius 3 is 2.86 bits per heavy atom. The van der Waals surface area contributed by atoms with Gasteiger partial charge in [0, 0.05) is 35.1 Å². The highest BCUT2D eigenvalue weighted by Crippen LogP contribution is 2.34. The molecule has 0 aromatic heterocycles. The number of nitrogens with zero attached hydrogens (tertiary/aromatic N) is 1. The molecule has 1 atom stereocenters. The molecule has 2 aliphatic rings. The Labute approximate surface area is 134 Å². The Morgan fingerprint density at radius 1 is 1.45 bits per heavy atom. The van der Waals surface area contributed by atoms with Gasteiger partial charge in [-0.3, -0.25) is 4.79 Å². The molecule has 0 saturated carbocycles. The Hall–Kier alpha value is -1.53.